The summed E-state index contributed by atoms with van der Waals surface area (Å²) in [7, 11) is 3.28. The fourth-order valence-electron chi connectivity index (χ4n) is 3.59. The number of benzene rings is 2. The first kappa shape index (κ1) is 19.2. The van der Waals surface area contributed by atoms with Gasteiger partial charge in [0.25, 0.3) is 5.91 Å². The Balaban J connectivity index is 1.75. The number of carbonyl (C=O) groups excluding carboxylic acids is 1. The molecule has 0 aromatic heterocycles. The minimum atomic E-state index is -0.0844. The first-order chi connectivity index (χ1) is 13.2. The molecule has 0 bridgehead atoms. The van der Waals surface area contributed by atoms with Crippen molar-refractivity contribution in [1.29, 1.82) is 0 Å². The molecule has 1 fully saturated rings. The van der Waals surface area contributed by atoms with Gasteiger partial charge in [0.05, 0.1) is 20.3 Å². The fraction of sp³-hybridized carbons (Fsp3) is 0.409. The fourth-order valence-corrected chi connectivity index (χ4v) is 3.59. The molecule has 5 heteroatoms. The topological polar surface area (TPSA) is 50.8 Å². The predicted molar refractivity (Wildman–Crippen MR) is 106 cm³/mol. The van der Waals surface area contributed by atoms with Crippen LogP contribution in [-0.4, -0.2) is 44.7 Å². The summed E-state index contributed by atoms with van der Waals surface area (Å²) in [5, 5.41) is 3.11. The molecule has 144 valence electrons. The number of amides is 1. The Bertz CT molecular complexity index is 757. The second-order valence-electron chi connectivity index (χ2n) is 6.83. The Morgan fingerprint density at radius 1 is 1.00 bits per heavy atom. The van der Waals surface area contributed by atoms with Crippen molar-refractivity contribution in [1.82, 2.24) is 10.2 Å². The van der Waals surface area contributed by atoms with E-state index in [1.807, 2.05) is 24.3 Å². The Kier molecular flexibility index (Phi) is 6.71. The molecule has 0 spiro atoms. The van der Waals surface area contributed by atoms with Crippen LogP contribution in [0.25, 0.3) is 0 Å². The highest BCUT2D eigenvalue weighted by molar-refractivity contribution is 5.94. The summed E-state index contributed by atoms with van der Waals surface area (Å²) < 4.78 is 10.6. The lowest BCUT2D eigenvalue weighted by Crippen LogP contribution is -2.40. The normalized spacial score (nSPS) is 15.8. The standard InChI is InChI=1S/C22H28N2O3/c1-26-19-10-6-8-17(14-19)21(24-12-4-3-5-13-24)16-23-22(25)18-9-7-11-20(15-18)27-2/h6-11,14-15,21H,3-5,12-13,16H2,1-2H3,(H,23,25). The van der Waals surface area contributed by atoms with Crippen molar-refractivity contribution in [3.8, 4) is 11.5 Å². The van der Waals surface area contributed by atoms with Crippen molar-refractivity contribution in [2.75, 3.05) is 33.9 Å². The number of methoxy groups -OCH3 is 2. The number of carbonyl (C=O) groups is 1. The molecule has 3 rings (SSSR count). The zero-order chi connectivity index (χ0) is 19.1. The second-order valence-corrected chi connectivity index (χ2v) is 6.83. The van der Waals surface area contributed by atoms with E-state index in [1.165, 1.54) is 24.8 Å². The molecule has 0 aliphatic carbocycles. The van der Waals surface area contributed by atoms with Crippen LogP contribution in [-0.2, 0) is 0 Å². The predicted octanol–water partition coefficient (Wildman–Crippen LogP) is 3.66. The Morgan fingerprint density at radius 2 is 1.67 bits per heavy atom. The van der Waals surface area contributed by atoms with Crippen LogP contribution in [0.15, 0.2) is 48.5 Å². The van der Waals surface area contributed by atoms with Crippen LogP contribution >= 0.6 is 0 Å². The van der Waals surface area contributed by atoms with Gasteiger partial charge in [-0.15, -0.1) is 0 Å². The van der Waals surface area contributed by atoms with Crippen LogP contribution in [0, 0.1) is 0 Å². The molecule has 1 aliphatic heterocycles. The highest BCUT2D eigenvalue weighted by atomic mass is 16.5. The quantitative estimate of drug-likeness (QED) is 0.810. The maximum atomic E-state index is 12.6. The molecular weight excluding hydrogens is 340 g/mol. The van der Waals surface area contributed by atoms with E-state index in [2.05, 4.69) is 22.3 Å². The zero-order valence-corrected chi connectivity index (χ0v) is 16.1. The number of hydrogen-bond donors (Lipinski definition) is 1. The molecule has 1 N–H and O–H groups in total. The van der Waals surface area contributed by atoms with Crippen LogP contribution in [0.5, 0.6) is 11.5 Å². The molecule has 5 nitrogen and oxygen atoms in total. The van der Waals surface area contributed by atoms with Crippen molar-refractivity contribution in [2.24, 2.45) is 0 Å². The summed E-state index contributed by atoms with van der Waals surface area (Å²) in [4.78, 5) is 15.1. The van der Waals surface area contributed by atoms with E-state index in [4.69, 9.17) is 9.47 Å². The lowest BCUT2D eigenvalue weighted by Gasteiger charge is -2.35. The highest BCUT2D eigenvalue weighted by Gasteiger charge is 2.23. The number of piperidine rings is 1. The number of ether oxygens (including phenoxy) is 2. The van der Waals surface area contributed by atoms with Gasteiger partial charge in [-0.25, -0.2) is 0 Å². The summed E-state index contributed by atoms with van der Waals surface area (Å²) in [6.07, 6.45) is 3.67. The van der Waals surface area contributed by atoms with Gasteiger partial charge in [0.1, 0.15) is 11.5 Å². The van der Waals surface area contributed by atoms with Gasteiger partial charge in [0, 0.05) is 12.1 Å². The maximum absolute atomic E-state index is 12.6. The van der Waals surface area contributed by atoms with Gasteiger partial charge in [-0.1, -0.05) is 24.6 Å². The summed E-state index contributed by atoms with van der Waals surface area (Å²) in [5.41, 5.74) is 1.78. The van der Waals surface area contributed by atoms with E-state index in [9.17, 15) is 4.79 Å². The minimum Gasteiger partial charge on any atom is -0.497 e. The molecule has 2 aromatic rings. The van der Waals surface area contributed by atoms with Crippen LogP contribution < -0.4 is 14.8 Å². The Labute approximate surface area is 161 Å². The smallest absolute Gasteiger partial charge is 0.251 e. The molecule has 0 saturated carbocycles. The average molecular weight is 368 g/mol. The lowest BCUT2D eigenvalue weighted by atomic mass is 10.0. The number of hydrogen-bond acceptors (Lipinski definition) is 4. The maximum Gasteiger partial charge on any atom is 0.251 e. The monoisotopic (exact) mass is 368 g/mol. The first-order valence-electron chi connectivity index (χ1n) is 9.51. The first-order valence-corrected chi connectivity index (χ1v) is 9.51. The largest absolute Gasteiger partial charge is 0.497 e. The zero-order valence-electron chi connectivity index (χ0n) is 16.1. The summed E-state index contributed by atoms with van der Waals surface area (Å²) in [5.74, 6) is 1.44. The van der Waals surface area contributed by atoms with Crippen molar-refractivity contribution in [3.63, 3.8) is 0 Å². The second kappa shape index (κ2) is 9.42. The molecule has 1 heterocycles. The van der Waals surface area contributed by atoms with Gasteiger partial charge < -0.3 is 14.8 Å². The van der Waals surface area contributed by atoms with E-state index in [1.54, 1.807) is 26.4 Å². The third-order valence-electron chi connectivity index (χ3n) is 5.10. The number of nitrogens with zero attached hydrogens (tertiary/aromatic N) is 1. The lowest BCUT2D eigenvalue weighted by molar-refractivity contribution is 0.0924. The van der Waals surface area contributed by atoms with Crippen LogP contribution in [0.1, 0.15) is 41.2 Å². The van der Waals surface area contributed by atoms with Crippen molar-refractivity contribution < 1.29 is 14.3 Å². The number of nitrogens with one attached hydrogen (secondary N) is 1. The summed E-state index contributed by atoms with van der Waals surface area (Å²) in [6, 6.07) is 15.5. The van der Waals surface area contributed by atoms with Crippen LogP contribution in [0.4, 0.5) is 0 Å². The molecule has 1 aliphatic rings. The third kappa shape index (κ3) is 5.01. The third-order valence-corrected chi connectivity index (χ3v) is 5.10. The Hall–Kier alpha value is -2.53. The molecule has 1 atom stereocenters. The summed E-state index contributed by atoms with van der Waals surface area (Å²) >= 11 is 0. The molecule has 2 aromatic carbocycles. The van der Waals surface area contributed by atoms with Gasteiger partial charge in [-0.2, -0.15) is 0 Å². The van der Waals surface area contributed by atoms with Gasteiger partial charge >= 0.3 is 0 Å². The highest BCUT2D eigenvalue weighted by Crippen LogP contribution is 2.27. The molecule has 1 saturated heterocycles. The van der Waals surface area contributed by atoms with E-state index < -0.39 is 0 Å². The van der Waals surface area contributed by atoms with E-state index in [0.717, 1.165) is 18.8 Å². The number of likely N-dealkylation sites (tertiary alicyclic amines) is 1. The minimum absolute atomic E-state index is 0.0844. The number of rotatable bonds is 7. The Morgan fingerprint density at radius 3 is 2.37 bits per heavy atom. The molecule has 27 heavy (non-hydrogen) atoms. The van der Waals surface area contributed by atoms with Crippen molar-refractivity contribution in [2.45, 2.75) is 25.3 Å². The molecule has 1 unspecified atom stereocenters. The van der Waals surface area contributed by atoms with Gasteiger partial charge in [-0.05, 0) is 61.8 Å². The van der Waals surface area contributed by atoms with Gasteiger partial charge in [0.15, 0.2) is 0 Å². The van der Waals surface area contributed by atoms with Gasteiger partial charge in [0.2, 0.25) is 0 Å². The van der Waals surface area contributed by atoms with Crippen LogP contribution in [0.3, 0.4) is 0 Å². The molecular formula is C22H28N2O3. The van der Waals surface area contributed by atoms with Crippen LogP contribution in [0.2, 0.25) is 0 Å². The van der Waals surface area contributed by atoms with E-state index in [0.29, 0.717) is 17.9 Å². The summed E-state index contributed by atoms with van der Waals surface area (Å²) in [6.45, 7) is 2.66. The average Bonchev–Trinajstić information content (AvgIpc) is 2.74. The van der Waals surface area contributed by atoms with Gasteiger partial charge in [-0.3, -0.25) is 9.69 Å². The van der Waals surface area contributed by atoms with E-state index in [-0.39, 0.29) is 11.9 Å². The van der Waals surface area contributed by atoms with E-state index >= 15 is 0 Å². The SMILES string of the molecule is COc1cccc(C(=O)NCC(c2cccc(OC)c2)N2CCCCC2)c1. The van der Waals surface area contributed by atoms with Crippen molar-refractivity contribution >= 4 is 5.91 Å². The molecule has 1 amide bonds. The molecule has 0 radical (unpaired) electrons. The van der Waals surface area contributed by atoms with Crippen molar-refractivity contribution in [3.05, 3.63) is 59.7 Å².